The minimum absolute atomic E-state index is 0.108. The molecule has 0 aromatic heterocycles. The van der Waals surface area contributed by atoms with Crippen LogP contribution in [0.5, 0.6) is 5.75 Å². The molecule has 15 heavy (non-hydrogen) atoms. The maximum Gasteiger partial charge on any atom is 0.165 e. The molecule has 1 aromatic rings. The number of hydrogen-bond acceptors (Lipinski definition) is 2. The number of benzene rings is 1. The lowest BCUT2D eigenvalue weighted by Gasteiger charge is -2.15. The summed E-state index contributed by atoms with van der Waals surface area (Å²) < 4.78 is 18.4. The highest BCUT2D eigenvalue weighted by molar-refractivity contribution is 5.23. The van der Waals surface area contributed by atoms with Crippen molar-refractivity contribution in [1.82, 2.24) is 0 Å². The SMILES string of the molecule is CC(C)C(N)CCOc1ccccc1F. The molecule has 3 heteroatoms. The topological polar surface area (TPSA) is 35.2 Å². The summed E-state index contributed by atoms with van der Waals surface area (Å²) in [5.41, 5.74) is 5.84. The Hall–Kier alpha value is -1.09. The second-order valence-electron chi connectivity index (χ2n) is 3.98. The van der Waals surface area contributed by atoms with E-state index >= 15 is 0 Å². The molecule has 1 atom stereocenters. The van der Waals surface area contributed by atoms with Crippen LogP contribution in [0.2, 0.25) is 0 Å². The van der Waals surface area contributed by atoms with Crippen LogP contribution in [0.25, 0.3) is 0 Å². The highest BCUT2D eigenvalue weighted by Gasteiger charge is 2.08. The number of hydrogen-bond donors (Lipinski definition) is 1. The Bertz CT molecular complexity index is 301. The summed E-state index contributed by atoms with van der Waals surface area (Å²) in [7, 11) is 0. The van der Waals surface area contributed by atoms with Gasteiger partial charge >= 0.3 is 0 Å². The lowest BCUT2D eigenvalue weighted by atomic mass is 10.0. The molecule has 1 unspecified atom stereocenters. The smallest absolute Gasteiger partial charge is 0.165 e. The van der Waals surface area contributed by atoms with Gasteiger partial charge in [-0.3, -0.25) is 0 Å². The van der Waals surface area contributed by atoms with Gasteiger partial charge in [0.05, 0.1) is 6.61 Å². The molecule has 2 nitrogen and oxygen atoms in total. The van der Waals surface area contributed by atoms with Crippen LogP contribution in [0.4, 0.5) is 4.39 Å². The third kappa shape index (κ3) is 3.88. The van der Waals surface area contributed by atoms with Gasteiger partial charge in [-0.25, -0.2) is 4.39 Å². The predicted octanol–water partition coefficient (Wildman–Crippen LogP) is 2.58. The molecule has 0 aliphatic rings. The minimum Gasteiger partial charge on any atom is -0.490 e. The first-order valence-corrected chi connectivity index (χ1v) is 5.24. The standard InChI is InChI=1S/C12H18FNO/c1-9(2)11(14)7-8-15-12-6-4-3-5-10(12)13/h3-6,9,11H,7-8,14H2,1-2H3. The van der Waals surface area contributed by atoms with Gasteiger partial charge in [0.25, 0.3) is 0 Å². The lowest BCUT2D eigenvalue weighted by Crippen LogP contribution is -2.28. The fourth-order valence-corrected chi connectivity index (χ4v) is 1.20. The summed E-state index contributed by atoms with van der Waals surface area (Å²) >= 11 is 0. The molecule has 2 N–H and O–H groups in total. The van der Waals surface area contributed by atoms with Gasteiger partial charge in [-0.05, 0) is 24.5 Å². The lowest BCUT2D eigenvalue weighted by molar-refractivity contribution is 0.271. The molecular formula is C12H18FNO. The van der Waals surface area contributed by atoms with Gasteiger partial charge in [0.1, 0.15) is 0 Å². The zero-order chi connectivity index (χ0) is 11.3. The summed E-state index contributed by atoms with van der Waals surface area (Å²) in [4.78, 5) is 0. The van der Waals surface area contributed by atoms with Crippen LogP contribution in [0.15, 0.2) is 24.3 Å². The zero-order valence-corrected chi connectivity index (χ0v) is 9.24. The van der Waals surface area contributed by atoms with Crippen molar-refractivity contribution in [2.45, 2.75) is 26.3 Å². The second kappa shape index (κ2) is 5.71. The molecule has 0 aliphatic carbocycles. The van der Waals surface area contributed by atoms with Crippen LogP contribution in [-0.2, 0) is 0 Å². The second-order valence-corrected chi connectivity index (χ2v) is 3.98. The first-order chi connectivity index (χ1) is 7.11. The molecule has 0 heterocycles. The normalized spacial score (nSPS) is 12.9. The Morgan fingerprint density at radius 1 is 1.33 bits per heavy atom. The van der Waals surface area contributed by atoms with E-state index in [0.29, 0.717) is 18.3 Å². The van der Waals surface area contributed by atoms with Gasteiger partial charge in [-0.1, -0.05) is 26.0 Å². The fraction of sp³-hybridized carbons (Fsp3) is 0.500. The van der Waals surface area contributed by atoms with Crippen molar-refractivity contribution in [3.05, 3.63) is 30.1 Å². The molecule has 0 bridgehead atoms. The van der Waals surface area contributed by atoms with E-state index in [1.165, 1.54) is 6.07 Å². The average molecular weight is 211 g/mol. The highest BCUT2D eigenvalue weighted by atomic mass is 19.1. The zero-order valence-electron chi connectivity index (χ0n) is 9.24. The third-order valence-electron chi connectivity index (χ3n) is 2.40. The van der Waals surface area contributed by atoms with E-state index in [9.17, 15) is 4.39 Å². The van der Waals surface area contributed by atoms with Gasteiger partial charge in [0.2, 0.25) is 0 Å². The predicted molar refractivity (Wildman–Crippen MR) is 59.3 cm³/mol. The van der Waals surface area contributed by atoms with Crippen LogP contribution in [0.3, 0.4) is 0 Å². The van der Waals surface area contributed by atoms with Crippen molar-refractivity contribution < 1.29 is 9.13 Å². The Kier molecular flexibility index (Phi) is 4.56. The van der Waals surface area contributed by atoms with Crippen molar-refractivity contribution in [3.8, 4) is 5.75 Å². The van der Waals surface area contributed by atoms with Crippen LogP contribution in [-0.4, -0.2) is 12.6 Å². The molecule has 1 aromatic carbocycles. The largest absolute Gasteiger partial charge is 0.490 e. The first-order valence-electron chi connectivity index (χ1n) is 5.24. The van der Waals surface area contributed by atoms with Crippen molar-refractivity contribution in [2.24, 2.45) is 11.7 Å². The van der Waals surface area contributed by atoms with Crippen molar-refractivity contribution in [2.75, 3.05) is 6.61 Å². The monoisotopic (exact) mass is 211 g/mol. The van der Waals surface area contributed by atoms with E-state index < -0.39 is 0 Å². The molecule has 0 radical (unpaired) electrons. The summed E-state index contributed by atoms with van der Waals surface area (Å²) in [6, 6.07) is 6.51. The maximum atomic E-state index is 13.1. The van der Waals surface area contributed by atoms with E-state index in [2.05, 4.69) is 13.8 Å². The molecule has 84 valence electrons. The molecule has 0 fully saturated rings. The highest BCUT2D eigenvalue weighted by Crippen LogP contribution is 2.15. The quantitative estimate of drug-likeness (QED) is 0.812. The molecule has 0 spiro atoms. The molecule has 0 amide bonds. The fourth-order valence-electron chi connectivity index (χ4n) is 1.20. The van der Waals surface area contributed by atoms with Gasteiger partial charge in [-0.2, -0.15) is 0 Å². The molecular weight excluding hydrogens is 193 g/mol. The number of halogens is 1. The van der Waals surface area contributed by atoms with Crippen molar-refractivity contribution in [3.63, 3.8) is 0 Å². The van der Waals surface area contributed by atoms with Gasteiger partial charge in [0, 0.05) is 6.04 Å². The van der Waals surface area contributed by atoms with Crippen molar-refractivity contribution in [1.29, 1.82) is 0 Å². The van der Waals surface area contributed by atoms with E-state index in [1.54, 1.807) is 18.2 Å². The van der Waals surface area contributed by atoms with Crippen LogP contribution in [0, 0.1) is 11.7 Å². The summed E-state index contributed by atoms with van der Waals surface area (Å²) in [5.74, 6) is 0.401. The number of rotatable bonds is 5. The Morgan fingerprint density at radius 3 is 2.60 bits per heavy atom. The average Bonchev–Trinajstić information content (AvgIpc) is 2.20. The first kappa shape index (κ1) is 12.0. The molecule has 0 aliphatic heterocycles. The van der Waals surface area contributed by atoms with Crippen LogP contribution >= 0.6 is 0 Å². The van der Waals surface area contributed by atoms with Crippen LogP contribution in [0.1, 0.15) is 20.3 Å². The Balaban J connectivity index is 2.35. The summed E-state index contributed by atoms with van der Waals surface area (Å²) in [6.45, 7) is 4.59. The molecule has 1 rings (SSSR count). The summed E-state index contributed by atoms with van der Waals surface area (Å²) in [5, 5.41) is 0. The van der Waals surface area contributed by atoms with Crippen LogP contribution < -0.4 is 10.5 Å². The third-order valence-corrected chi connectivity index (χ3v) is 2.40. The van der Waals surface area contributed by atoms with E-state index in [-0.39, 0.29) is 11.9 Å². The number of para-hydroxylation sites is 1. The van der Waals surface area contributed by atoms with Gasteiger partial charge < -0.3 is 10.5 Å². The van der Waals surface area contributed by atoms with Gasteiger partial charge in [0.15, 0.2) is 11.6 Å². The maximum absolute atomic E-state index is 13.1. The number of ether oxygens (including phenoxy) is 1. The van der Waals surface area contributed by atoms with E-state index in [1.807, 2.05) is 0 Å². The summed E-state index contributed by atoms with van der Waals surface area (Å²) in [6.07, 6.45) is 0.742. The number of nitrogens with two attached hydrogens (primary N) is 1. The molecule has 0 saturated carbocycles. The van der Waals surface area contributed by atoms with E-state index in [0.717, 1.165) is 6.42 Å². The van der Waals surface area contributed by atoms with Crippen molar-refractivity contribution >= 4 is 0 Å². The minimum atomic E-state index is -0.324. The van der Waals surface area contributed by atoms with Gasteiger partial charge in [-0.15, -0.1) is 0 Å². The van der Waals surface area contributed by atoms with E-state index in [4.69, 9.17) is 10.5 Å². The Morgan fingerprint density at radius 2 is 2.00 bits per heavy atom. The Labute approximate surface area is 90.2 Å². The molecule has 0 saturated heterocycles.